The number of anilines is 2. The fraction of sp³-hybridized carbons (Fsp3) is 0.308. The summed E-state index contributed by atoms with van der Waals surface area (Å²) in [5.74, 6) is -2.19. The molecule has 2 fully saturated rings. The van der Waals surface area contributed by atoms with E-state index in [9.17, 15) is 18.4 Å². The number of fused-ring (bicyclic) bond motifs is 2. The van der Waals surface area contributed by atoms with Crippen LogP contribution in [-0.2, 0) is 26.9 Å². The van der Waals surface area contributed by atoms with Crippen molar-refractivity contribution in [1.29, 1.82) is 0 Å². The third-order valence-electron chi connectivity index (χ3n) is 13.2. The van der Waals surface area contributed by atoms with Crippen LogP contribution in [0.15, 0.2) is 85.5 Å². The number of Topliss-reactive ketones (excluding diaryl/α,β-unsaturated/α-hetero) is 2. The van der Waals surface area contributed by atoms with Crippen LogP contribution in [0, 0.1) is 23.3 Å². The predicted molar refractivity (Wildman–Crippen MR) is 264 cm³/mol. The summed E-state index contributed by atoms with van der Waals surface area (Å²) in [6.45, 7) is 2.41. The van der Waals surface area contributed by atoms with E-state index in [-0.39, 0.29) is 87.7 Å². The normalized spacial score (nSPS) is 15.6. The smallest absolute Gasteiger partial charge is 0.185 e. The maximum Gasteiger partial charge on any atom is 0.185 e. The lowest BCUT2D eigenvalue weighted by atomic mass is 10.00. The maximum atomic E-state index is 15.2. The van der Waals surface area contributed by atoms with Gasteiger partial charge in [-0.2, -0.15) is 10.2 Å². The second kappa shape index (κ2) is 20.9. The summed E-state index contributed by atoms with van der Waals surface area (Å²) in [5, 5.41) is 9.81. The molecule has 0 aliphatic carbocycles. The van der Waals surface area contributed by atoms with E-state index in [0.717, 1.165) is 50.1 Å². The van der Waals surface area contributed by atoms with Crippen molar-refractivity contribution in [2.75, 3.05) is 50.2 Å². The van der Waals surface area contributed by atoms with Gasteiger partial charge in [-0.25, -0.2) is 37.5 Å². The van der Waals surface area contributed by atoms with Crippen molar-refractivity contribution in [2.45, 2.75) is 50.6 Å². The Morgan fingerprint density at radius 1 is 0.681 bits per heavy atom. The minimum Gasteiger partial charge on any atom is -0.496 e. The number of aromatic nitrogens is 8. The first-order valence-corrected chi connectivity index (χ1v) is 23.4. The van der Waals surface area contributed by atoms with Gasteiger partial charge in [0.15, 0.2) is 29.0 Å². The quantitative estimate of drug-likeness (QED) is 0.0811. The molecule has 20 heteroatoms. The molecule has 0 unspecified atom stereocenters. The number of methoxy groups -OCH3 is 2. The lowest BCUT2D eigenvalue weighted by Gasteiger charge is -2.29. The zero-order valence-corrected chi connectivity index (χ0v) is 40.1. The van der Waals surface area contributed by atoms with E-state index in [1.165, 1.54) is 79.8 Å². The van der Waals surface area contributed by atoms with Gasteiger partial charge in [0.1, 0.15) is 51.4 Å². The number of carbonyl (C=O) groups is 2. The number of rotatable bonds is 14. The van der Waals surface area contributed by atoms with Crippen LogP contribution in [0.3, 0.4) is 0 Å². The van der Waals surface area contributed by atoms with Crippen molar-refractivity contribution < 1.29 is 36.6 Å². The van der Waals surface area contributed by atoms with Gasteiger partial charge < -0.3 is 30.7 Å². The van der Waals surface area contributed by atoms with Crippen LogP contribution in [-0.4, -0.2) is 104 Å². The van der Waals surface area contributed by atoms with Crippen LogP contribution in [0.25, 0.3) is 44.6 Å². The van der Waals surface area contributed by atoms with E-state index in [1.807, 2.05) is 0 Å². The highest BCUT2D eigenvalue weighted by atomic mass is 19.1. The van der Waals surface area contributed by atoms with Gasteiger partial charge in [-0.1, -0.05) is 12.1 Å². The molecule has 2 atom stereocenters. The van der Waals surface area contributed by atoms with Gasteiger partial charge in [0.05, 0.1) is 42.9 Å². The second-order valence-corrected chi connectivity index (χ2v) is 17.6. The number of ketones is 2. The van der Waals surface area contributed by atoms with E-state index >= 15 is 8.78 Å². The average molecular weight is 985 g/mol. The van der Waals surface area contributed by atoms with Gasteiger partial charge in [0, 0.05) is 94.6 Å². The summed E-state index contributed by atoms with van der Waals surface area (Å²) < 4.78 is 73.0. The van der Waals surface area contributed by atoms with E-state index in [0.29, 0.717) is 40.5 Å². The van der Waals surface area contributed by atoms with E-state index in [4.69, 9.17) is 20.9 Å². The van der Waals surface area contributed by atoms with Crippen LogP contribution >= 0.6 is 0 Å². The van der Waals surface area contributed by atoms with Crippen molar-refractivity contribution in [3.8, 4) is 34.3 Å². The summed E-state index contributed by atoms with van der Waals surface area (Å²) >= 11 is 0. The highest BCUT2D eigenvalue weighted by Crippen LogP contribution is 2.40. The number of hydrogen-bond donors (Lipinski definition) is 2. The summed E-state index contributed by atoms with van der Waals surface area (Å²) in [4.78, 5) is 48.1. The van der Waals surface area contributed by atoms with Crippen LogP contribution in [0.1, 0.15) is 57.8 Å². The molecule has 4 N–H and O–H groups in total. The fourth-order valence-corrected chi connectivity index (χ4v) is 9.93. The van der Waals surface area contributed by atoms with Crippen LogP contribution in [0.2, 0.25) is 0 Å². The predicted octanol–water partition coefficient (Wildman–Crippen LogP) is 7.34. The van der Waals surface area contributed by atoms with E-state index in [1.54, 1.807) is 43.3 Å². The third-order valence-corrected chi connectivity index (χ3v) is 13.2. The number of nitrogens with zero attached hydrogens (tertiary/aromatic N) is 10. The molecule has 16 nitrogen and oxygen atoms in total. The number of ether oxygens (including phenoxy) is 2. The first-order valence-electron chi connectivity index (χ1n) is 23.4. The summed E-state index contributed by atoms with van der Waals surface area (Å²) in [5.41, 5.74) is 15.6. The SMILES string of the molecule is COc1cccc(F)c1-c1nccc(C(=O)Cc2cc(F)c3c(cnn3C)c2N2CCC[C@@H]2CN)n1.COc1cccc(F)c1-c1nccc(C(=O)Cc2cc(F)c3nn(C)cc3c2N2CCC[C@@H]2CN)n1. The molecular weight excluding hydrogens is 933 g/mol. The maximum absolute atomic E-state index is 15.2. The third kappa shape index (κ3) is 9.41. The van der Waals surface area contributed by atoms with Gasteiger partial charge in [-0.05, 0) is 85.3 Å². The number of benzene rings is 4. The van der Waals surface area contributed by atoms with Crippen LogP contribution in [0.4, 0.5) is 28.9 Å². The Bertz CT molecular complexity index is 3200. The zero-order chi connectivity index (χ0) is 50.8. The molecule has 8 aromatic rings. The first kappa shape index (κ1) is 49.2. The van der Waals surface area contributed by atoms with Crippen molar-refractivity contribution >= 4 is 44.7 Å². The van der Waals surface area contributed by atoms with Crippen molar-refractivity contribution in [3.05, 3.63) is 131 Å². The van der Waals surface area contributed by atoms with Crippen LogP contribution < -0.4 is 30.7 Å². The Morgan fingerprint density at radius 3 is 1.68 bits per heavy atom. The fourth-order valence-electron chi connectivity index (χ4n) is 9.93. The lowest BCUT2D eigenvalue weighted by Crippen LogP contribution is -2.36. The minimum absolute atomic E-state index is 0.0349. The van der Waals surface area contributed by atoms with Gasteiger partial charge >= 0.3 is 0 Å². The first-order chi connectivity index (χ1) is 34.8. The Hall–Kier alpha value is -7.84. The van der Waals surface area contributed by atoms with Crippen molar-refractivity contribution in [3.63, 3.8) is 0 Å². The summed E-state index contributed by atoms with van der Waals surface area (Å²) in [7, 11) is 6.26. The number of carbonyl (C=O) groups excluding carboxylic acids is 2. The summed E-state index contributed by atoms with van der Waals surface area (Å²) in [6.07, 6.45) is 9.73. The Kier molecular flexibility index (Phi) is 14.2. The Balaban J connectivity index is 0.000000178. The number of aryl methyl sites for hydroxylation is 2. The number of nitrogens with two attached hydrogens (primary N) is 2. The Morgan fingerprint density at radius 2 is 1.18 bits per heavy atom. The Labute approximate surface area is 411 Å². The van der Waals surface area contributed by atoms with Gasteiger partial charge in [-0.3, -0.25) is 19.0 Å². The molecule has 72 heavy (non-hydrogen) atoms. The average Bonchev–Trinajstić information content (AvgIpc) is 4.22. The molecule has 6 heterocycles. The molecule has 4 aromatic carbocycles. The minimum atomic E-state index is -0.563. The van der Waals surface area contributed by atoms with Crippen molar-refractivity contribution in [2.24, 2.45) is 25.6 Å². The van der Waals surface area contributed by atoms with Gasteiger partial charge in [-0.15, -0.1) is 0 Å². The molecule has 2 aliphatic heterocycles. The van der Waals surface area contributed by atoms with E-state index in [2.05, 4.69) is 39.9 Å². The highest BCUT2D eigenvalue weighted by Gasteiger charge is 2.32. The molecule has 0 radical (unpaired) electrons. The molecular formula is C52H52F4N12O4. The van der Waals surface area contributed by atoms with Gasteiger partial charge in [0.25, 0.3) is 0 Å². The lowest BCUT2D eigenvalue weighted by molar-refractivity contribution is 0.0980. The molecule has 0 saturated carbocycles. The van der Waals surface area contributed by atoms with E-state index < -0.39 is 23.3 Å². The molecule has 2 aliphatic rings. The standard InChI is InChI=1S/2C26H26F2N6O2/c1-33-14-17-24(32-33)19(28)11-15(25(17)34-10-4-5-16(34)13-29)12-21(35)20-8-9-30-26(31-20)23-18(27)6-3-7-22(23)36-2;1-33-25-17(14-31-33)24(34-10-4-5-16(34)13-29)15(11-19(25)28)12-21(35)20-8-9-30-26(32-20)23-18(27)6-3-7-22(23)36-2/h2*3,6-9,11,14,16H,4-5,10,12-13,29H2,1-2H3/t2*16-/m11/s1. The van der Waals surface area contributed by atoms with Crippen molar-refractivity contribution in [1.82, 2.24) is 39.5 Å². The zero-order valence-electron chi connectivity index (χ0n) is 40.1. The molecule has 0 spiro atoms. The van der Waals surface area contributed by atoms with Gasteiger partial charge in [0.2, 0.25) is 0 Å². The number of halogens is 4. The summed E-state index contributed by atoms with van der Waals surface area (Å²) in [6, 6.07) is 14.7. The molecule has 10 rings (SSSR count). The molecule has 0 amide bonds. The molecule has 0 bridgehead atoms. The topological polar surface area (TPSA) is 198 Å². The number of hydrogen-bond acceptors (Lipinski definition) is 14. The van der Waals surface area contributed by atoms with Crippen LogP contribution in [0.5, 0.6) is 11.5 Å². The second-order valence-electron chi connectivity index (χ2n) is 17.6. The molecule has 2 saturated heterocycles. The molecule has 4 aromatic heterocycles. The largest absolute Gasteiger partial charge is 0.496 e. The highest BCUT2D eigenvalue weighted by molar-refractivity contribution is 6.02. The molecule has 372 valence electrons. The monoisotopic (exact) mass is 984 g/mol.